The van der Waals surface area contributed by atoms with E-state index in [2.05, 4.69) is 25.8 Å². The number of carboxylic acids is 1. The third-order valence-corrected chi connectivity index (χ3v) is 5.65. The Morgan fingerprint density at radius 2 is 2.08 bits per heavy atom. The van der Waals surface area contributed by atoms with Crippen molar-refractivity contribution in [3.8, 4) is 5.75 Å². The van der Waals surface area contributed by atoms with Gasteiger partial charge in [0.25, 0.3) is 0 Å². The van der Waals surface area contributed by atoms with Gasteiger partial charge in [0.2, 0.25) is 0 Å². The minimum atomic E-state index is -1.06. The van der Waals surface area contributed by atoms with E-state index in [0.717, 1.165) is 12.8 Å². The number of nitrogens with two attached hydrogens (primary N) is 1. The number of aromatic nitrogens is 1. The van der Waals surface area contributed by atoms with Crippen LogP contribution < -0.4 is 10.5 Å². The molecule has 3 atom stereocenters. The van der Waals surface area contributed by atoms with Gasteiger partial charge < -0.3 is 15.6 Å². The maximum Gasteiger partial charge on any atom is 0.339 e. The fourth-order valence-corrected chi connectivity index (χ4v) is 4.22. The van der Waals surface area contributed by atoms with Gasteiger partial charge in [-0.05, 0) is 49.7 Å². The Hall–Kier alpha value is -2.30. The molecule has 5 nitrogen and oxygen atoms in total. The van der Waals surface area contributed by atoms with E-state index in [1.807, 2.05) is 18.2 Å². The van der Waals surface area contributed by atoms with E-state index < -0.39 is 5.97 Å². The largest absolute Gasteiger partial charge is 0.489 e. The van der Waals surface area contributed by atoms with Crippen molar-refractivity contribution < 1.29 is 14.6 Å². The number of nitrogens with zero attached hydrogens (tertiary/aromatic N) is 1. The quantitative estimate of drug-likeness (QED) is 0.832. The third-order valence-electron chi connectivity index (χ3n) is 5.65. The maximum absolute atomic E-state index is 11.6. The molecule has 1 aliphatic rings. The van der Waals surface area contributed by atoms with Crippen molar-refractivity contribution >= 4 is 22.6 Å². The fraction of sp³-hybridized carbons (Fsp3) is 0.524. The Labute approximate surface area is 154 Å². The molecule has 0 bridgehead atoms. The van der Waals surface area contributed by atoms with Gasteiger partial charge in [-0.25, -0.2) is 4.79 Å². The number of ether oxygens (including phenoxy) is 1. The van der Waals surface area contributed by atoms with Crippen LogP contribution in [0.5, 0.6) is 5.75 Å². The number of anilines is 1. The van der Waals surface area contributed by atoms with E-state index in [9.17, 15) is 9.90 Å². The summed E-state index contributed by atoms with van der Waals surface area (Å²) in [6, 6.07) is 5.61. The Balaban J connectivity index is 2.07. The van der Waals surface area contributed by atoms with Gasteiger partial charge in [0, 0.05) is 0 Å². The van der Waals surface area contributed by atoms with E-state index >= 15 is 0 Å². The van der Waals surface area contributed by atoms with Crippen LogP contribution in [0.15, 0.2) is 18.2 Å². The van der Waals surface area contributed by atoms with Gasteiger partial charge in [0.05, 0.1) is 22.3 Å². The molecule has 1 aromatic heterocycles. The highest BCUT2D eigenvalue weighted by Crippen LogP contribution is 2.39. The van der Waals surface area contributed by atoms with Crippen LogP contribution in [0, 0.1) is 24.7 Å². The van der Waals surface area contributed by atoms with Crippen molar-refractivity contribution in [2.45, 2.75) is 53.1 Å². The average molecular weight is 356 g/mol. The zero-order chi connectivity index (χ0) is 19.0. The van der Waals surface area contributed by atoms with Crippen LogP contribution in [0.25, 0.3) is 10.9 Å². The van der Waals surface area contributed by atoms with Gasteiger partial charge in [-0.3, -0.25) is 4.98 Å². The molecule has 0 aliphatic heterocycles. The van der Waals surface area contributed by atoms with Crippen molar-refractivity contribution in [1.29, 1.82) is 0 Å². The van der Waals surface area contributed by atoms with Crippen LogP contribution >= 0.6 is 0 Å². The van der Waals surface area contributed by atoms with Gasteiger partial charge in [0.1, 0.15) is 17.4 Å². The minimum Gasteiger partial charge on any atom is -0.489 e. The Morgan fingerprint density at radius 3 is 2.73 bits per heavy atom. The first-order chi connectivity index (χ1) is 12.3. The zero-order valence-electron chi connectivity index (χ0n) is 16.0. The van der Waals surface area contributed by atoms with Crippen LogP contribution in [0.4, 0.5) is 5.69 Å². The molecule has 1 aliphatic carbocycles. The number of hydrogen-bond donors (Lipinski definition) is 2. The summed E-state index contributed by atoms with van der Waals surface area (Å²) >= 11 is 0. The summed E-state index contributed by atoms with van der Waals surface area (Å²) in [5.41, 5.74) is 7.64. The molecule has 1 fully saturated rings. The number of aromatic carboxylic acids is 1. The first-order valence-electron chi connectivity index (χ1n) is 9.38. The molecule has 0 saturated heterocycles. The second-order valence-electron chi connectivity index (χ2n) is 7.92. The number of carboxylic acid groups (broad SMARTS) is 1. The minimum absolute atomic E-state index is 0.0611. The number of hydrogen-bond acceptors (Lipinski definition) is 4. The van der Waals surface area contributed by atoms with Gasteiger partial charge in [-0.15, -0.1) is 0 Å². The average Bonchev–Trinajstić information content (AvgIpc) is 2.54. The van der Waals surface area contributed by atoms with Crippen molar-refractivity contribution in [2.75, 3.05) is 5.73 Å². The standard InChI is InChI=1S/C21H28N2O3/c1-11(2)14-9-8-12(3)10-17(14)26-16-7-5-6-15-19(16)20(22)18(21(24)25)13(4)23-15/h5-7,11-12,14,17H,8-10H2,1-4H3,(H2,22,23)(H,24,25). The van der Waals surface area contributed by atoms with Gasteiger partial charge in [-0.2, -0.15) is 0 Å². The third kappa shape index (κ3) is 3.35. The highest BCUT2D eigenvalue weighted by atomic mass is 16.5. The molecule has 2 aromatic rings. The van der Waals surface area contributed by atoms with Crippen LogP contribution in [-0.4, -0.2) is 22.2 Å². The molecule has 1 saturated carbocycles. The lowest BCUT2D eigenvalue weighted by Gasteiger charge is -2.37. The summed E-state index contributed by atoms with van der Waals surface area (Å²) in [6.07, 6.45) is 3.49. The number of carbonyl (C=O) groups is 1. The summed E-state index contributed by atoms with van der Waals surface area (Å²) in [6.45, 7) is 8.41. The number of rotatable bonds is 4. The van der Waals surface area contributed by atoms with Crippen LogP contribution in [0.1, 0.15) is 56.1 Å². The molecule has 0 amide bonds. The highest BCUT2D eigenvalue weighted by Gasteiger charge is 2.33. The van der Waals surface area contributed by atoms with Crippen molar-refractivity contribution in [3.63, 3.8) is 0 Å². The monoisotopic (exact) mass is 356 g/mol. The van der Waals surface area contributed by atoms with Crippen molar-refractivity contribution in [2.24, 2.45) is 17.8 Å². The number of aryl methyl sites for hydroxylation is 1. The van der Waals surface area contributed by atoms with Crippen molar-refractivity contribution in [3.05, 3.63) is 29.5 Å². The molecule has 5 heteroatoms. The number of pyridine rings is 1. The zero-order valence-corrected chi connectivity index (χ0v) is 16.0. The van der Waals surface area contributed by atoms with Crippen LogP contribution in [0.2, 0.25) is 0 Å². The molecule has 1 aromatic carbocycles. The second kappa shape index (κ2) is 7.14. The molecule has 1 heterocycles. The molecule has 3 unspecified atom stereocenters. The molecular formula is C21H28N2O3. The fourth-order valence-electron chi connectivity index (χ4n) is 4.22. The van der Waals surface area contributed by atoms with Crippen LogP contribution in [-0.2, 0) is 0 Å². The van der Waals surface area contributed by atoms with Gasteiger partial charge in [0.15, 0.2) is 0 Å². The Kier molecular flexibility index (Phi) is 5.08. The molecule has 0 spiro atoms. The van der Waals surface area contributed by atoms with E-state index in [0.29, 0.717) is 40.1 Å². The van der Waals surface area contributed by atoms with E-state index in [1.54, 1.807) is 6.92 Å². The lowest BCUT2D eigenvalue weighted by molar-refractivity contribution is 0.0472. The molecular weight excluding hydrogens is 328 g/mol. The smallest absolute Gasteiger partial charge is 0.339 e. The normalized spacial score (nSPS) is 23.3. The number of nitrogen functional groups attached to an aromatic ring is 1. The van der Waals surface area contributed by atoms with E-state index in [-0.39, 0.29) is 17.4 Å². The molecule has 140 valence electrons. The summed E-state index contributed by atoms with van der Waals surface area (Å²) in [5, 5.41) is 10.1. The SMILES string of the molecule is Cc1nc2cccc(OC3CC(C)CCC3C(C)C)c2c(N)c1C(=O)O. The first kappa shape index (κ1) is 18.5. The molecule has 3 N–H and O–H groups in total. The predicted octanol–water partition coefficient (Wildman–Crippen LogP) is 4.66. The predicted molar refractivity (Wildman–Crippen MR) is 104 cm³/mol. The summed E-state index contributed by atoms with van der Waals surface area (Å²) in [7, 11) is 0. The molecule has 3 rings (SSSR count). The highest BCUT2D eigenvalue weighted by molar-refractivity contribution is 6.06. The second-order valence-corrected chi connectivity index (χ2v) is 7.92. The van der Waals surface area contributed by atoms with E-state index in [1.165, 1.54) is 6.42 Å². The molecule has 0 radical (unpaired) electrons. The van der Waals surface area contributed by atoms with E-state index in [4.69, 9.17) is 10.5 Å². The summed E-state index contributed by atoms with van der Waals surface area (Å²) in [5.74, 6) is 1.22. The van der Waals surface area contributed by atoms with Crippen molar-refractivity contribution in [1.82, 2.24) is 4.98 Å². The maximum atomic E-state index is 11.6. The number of fused-ring (bicyclic) bond motifs is 1. The Morgan fingerprint density at radius 1 is 1.35 bits per heavy atom. The number of benzene rings is 1. The molecule has 26 heavy (non-hydrogen) atoms. The summed E-state index contributed by atoms with van der Waals surface area (Å²) < 4.78 is 6.46. The first-order valence-corrected chi connectivity index (χ1v) is 9.38. The van der Waals surface area contributed by atoms with Crippen LogP contribution in [0.3, 0.4) is 0 Å². The topological polar surface area (TPSA) is 85.4 Å². The lowest BCUT2D eigenvalue weighted by atomic mass is 9.75. The Bertz CT molecular complexity index is 832. The van der Waals surface area contributed by atoms with Gasteiger partial charge in [-0.1, -0.05) is 33.3 Å². The summed E-state index contributed by atoms with van der Waals surface area (Å²) in [4.78, 5) is 16.1. The van der Waals surface area contributed by atoms with Gasteiger partial charge >= 0.3 is 5.97 Å². The lowest BCUT2D eigenvalue weighted by Crippen LogP contribution is -2.36.